The van der Waals surface area contributed by atoms with Crippen molar-refractivity contribution >= 4 is 37.5 Å². The fraction of sp³-hybridized carbons (Fsp3) is 0.0952. The summed E-state index contributed by atoms with van der Waals surface area (Å²) in [5.41, 5.74) is 1.80. The van der Waals surface area contributed by atoms with Gasteiger partial charge in [-0.05, 0) is 64.8 Å². The number of anilines is 1. The molecule has 8 heteroatoms. The average Bonchev–Trinajstić information content (AvgIpc) is 2.70. The predicted octanol–water partition coefficient (Wildman–Crippen LogP) is 4.63. The largest absolute Gasteiger partial charge is 0.348 e. The Morgan fingerprint density at radius 2 is 1.79 bits per heavy atom. The number of hydrogen-bond donors (Lipinski definition) is 2. The van der Waals surface area contributed by atoms with Gasteiger partial charge >= 0.3 is 0 Å². The van der Waals surface area contributed by atoms with Gasteiger partial charge in [0.1, 0.15) is 5.82 Å². The number of sulfonamides is 1. The summed E-state index contributed by atoms with van der Waals surface area (Å²) in [4.78, 5) is 12.4. The minimum atomic E-state index is -3.90. The molecule has 3 aromatic carbocycles. The molecule has 0 radical (unpaired) electrons. The zero-order valence-corrected chi connectivity index (χ0v) is 17.8. The third-order valence-electron chi connectivity index (χ3n) is 4.17. The topological polar surface area (TPSA) is 75.3 Å². The van der Waals surface area contributed by atoms with Crippen LogP contribution in [0.15, 0.2) is 76.1 Å². The van der Waals surface area contributed by atoms with E-state index in [1.807, 2.05) is 13.0 Å². The number of halogens is 2. The van der Waals surface area contributed by atoms with E-state index in [0.717, 1.165) is 5.56 Å². The normalized spacial score (nSPS) is 11.1. The van der Waals surface area contributed by atoms with Crippen molar-refractivity contribution in [3.8, 4) is 0 Å². The number of carbonyl (C=O) groups excluding carboxylic acids is 1. The van der Waals surface area contributed by atoms with Crippen molar-refractivity contribution in [2.75, 3.05) is 4.72 Å². The minimum absolute atomic E-state index is 0.00300. The molecule has 0 saturated carbocycles. The highest BCUT2D eigenvalue weighted by molar-refractivity contribution is 9.10. The molecule has 0 aliphatic heterocycles. The molecule has 5 nitrogen and oxygen atoms in total. The SMILES string of the molecule is Cc1ccc(Br)c(NS(=O)(=O)c2cccc(C(=O)NCc3ccccc3F)c2)c1. The van der Waals surface area contributed by atoms with E-state index in [1.165, 1.54) is 30.3 Å². The molecule has 0 atom stereocenters. The van der Waals surface area contributed by atoms with Crippen molar-refractivity contribution in [1.82, 2.24) is 5.32 Å². The van der Waals surface area contributed by atoms with E-state index in [2.05, 4.69) is 26.0 Å². The molecule has 1 amide bonds. The van der Waals surface area contributed by atoms with Gasteiger partial charge in [-0.1, -0.05) is 30.3 Å². The van der Waals surface area contributed by atoms with Gasteiger partial charge in [0, 0.05) is 22.1 Å². The van der Waals surface area contributed by atoms with Crippen LogP contribution in [0.2, 0.25) is 0 Å². The van der Waals surface area contributed by atoms with Crippen LogP contribution in [0.5, 0.6) is 0 Å². The maximum Gasteiger partial charge on any atom is 0.261 e. The molecular formula is C21H18BrFN2O3S. The van der Waals surface area contributed by atoms with Gasteiger partial charge in [-0.2, -0.15) is 0 Å². The van der Waals surface area contributed by atoms with Gasteiger partial charge in [-0.25, -0.2) is 12.8 Å². The van der Waals surface area contributed by atoms with E-state index in [9.17, 15) is 17.6 Å². The third kappa shape index (κ3) is 5.21. The molecule has 3 aromatic rings. The summed E-state index contributed by atoms with van der Waals surface area (Å²) in [7, 11) is -3.90. The Morgan fingerprint density at radius 3 is 2.55 bits per heavy atom. The summed E-state index contributed by atoms with van der Waals surface area (Å²) in [6.07, 6.45) is 0. The second-order valence-corrected chi connectivity index (χ2v) is 8.93. The van der Waals surface area contributed by atoms with Crippen molar-refractivity contribution in [3.05, 3.63) is 93.7 Å². The third-order valence-corrected chi connectivity index (χ3v) is 6.22. The number of amides is 1. The fourth-order valence-electron chi connectivity index (χ4n) is 2.64. The van der Waals surface area contributed by atoms with Crippen LogP contribution in [0.4, 0.5) is 10.1 Å². The van der Waals surface area contributed by atoms with Crippen LogP contribution >= 0.6 is 15.9 Å². The molecule has 0 bridgehead atoms. The second-order valence-electron chi connectivity index (χ2n) is 6.39. The monoisotopic (exact) mass is 476 g/mol. The first-order valence-electron chi connectivity index (χ1n) is 8.67. The summed E-state index contributed by atoms with van der Waals surface area (Å²) in [5, 5.41) is 2.60. The van der Waals surface area contributed by atoms with Crippen LogP contribution in [0.1, 0.15) is 21.5 Å². The lowest BCUT2D eigenvalue weighted by molar-refractivity contribution is 0.0950. The van der Waals surface area contributed by atoms with Gasteiger partial charge in [-0.3, -0.25) is 9.52 Å². The van der Waals surface area contributed by atoms with Crippen LogP contribution in [-0.4, -0.2) is 14.3 Å². The van der Waals surface area contributed by atoms with Gasteiger partial charge < -0.3 is 5.32 Å². The Hall–Kier alpha value is -2.71. The standard InChI is InChI=1S/C21H18BrFN2O3S/c1-14-9-10-18(22)20(11-14)25-29(27,28)17-7-4-6-15(12-17)21(26)24-13-16-5-2-3-8-19(16)23/h2-12,25H,13H2,1H3,(H,24,26). The first kappa shape index (κ1) is 21.0. The van der Waals surface area contributed by atoms with Crippen molar-refractivity contribution in [3.63, 3.8) is 0 Å². The van der Waals surface area contributed by atoms with E-state index < -0.39 is 21.7 Å². The van der Waals surface area contributed by atoms with Gasteiger partial charge in [0.2, 0.25) is 0 Å². The van der Waals surface area contributed by atoms with E-state index in [1.54, 1.807) is 30.3 Å². The van der Waals surface area contributed by atoms with E-state index in [-0.39, 0.29) is 17.0 Å². The molecular weight excluding hydrogens is 459 g/mol. The predicted molar refractivity (Wildman–Crippen MR) is 114 cm³/mol. The van der Waals surface area contributed by atoms with Gasteiger partial charge in [-0.15, -0.1) is 0 Å². The van der Waals surface area contributed by atoms with Crippen molar-refractivity contribution < 1.29 is 17.6 Å². The van der Waals surface area contributed by atoms with Crippen LogP contribution < -0.4 is 10.0 Å². The number of rotatable bonds is 6. The molecule has 150 valence electrons. The molecule has 2 N–H and O–H groups in total. The van der Waals surface area contributed by atoms with E-state index in [0.29, 0.717) is 15.7 Å². The number of benzene rings is 3. The molecule has 0 fully saturated rings. The number of aryl methyl sites for hydroxylation is 1. The molecule has 0 heterocycles. The van der Waals surface area contributed by atoms with Crippen LogP contribution in [0.3, 0.4) is 0 Å². The van der Waals surface area contributed by atoms with Gasteiger partial charge in [0.15, 0.2) is 0 Å². The number of carbonyl (C=O) groups is 1. The Kier molecular flexibility index (Phi) is 6.34. The molecule has 0 aliphatic rings. The summed E-state index contributed by atoms with van der Waals surface area (Å²) in [6.45, 7) is 1.85. The summed E-state index contributed by atoms with van der Waals surface area (Å²) >= 11 is 3.32. The molecule has 0 unspecified atom stereocenters. The summed E-state index contributed by atoms with van der Waals surface area (Å²) < 4.78 is 42.3. The highest BCUT2D eigenvalue weighted by atomic mass is 79.9. The Balaban J connectivity index is 1.78. The molecule has 3 rings (SSSR count). The maximum absolute atomic E-state index is 13.7. The smallest absolute Gasteiger partial charge is 0.261 e. The maximum atomic E-state index is 13.7. The zero-order chi connectivity index (χ0) is 21.0. The second kappa shape index (κ2) is 8.75. The van der Waals surface area contributed by atoms with Crippen molar-refractivity contribution in [1.29, 1.82) is 0 Å². The quantitative estimate of drug-likeness (QED) is 0.544. The highest BCUT2D eigenvalue weighted by Gasteiger charge is 2.18. The van der Waals surface area contributed by atoms with Gasteiger partial charge in [0.25, 0.3) is 15.9 Å². The lowest BCUT2D eigenvalue weighted by Gasteiger charge is -2.12. The Bertz CT molecular complexity index is 1170. The van der Waals surface area contributed by atoms with Crippen molar-refractivity contribution in [2.24, 2.45) is 0 Å². The Morgan fingerprint density at radius 1 is 1.03 bits per heavy atom. The zero-order valence-electron chi connectivity index (χ0n) is 15.4. The molecule has 0 spiro atoms. The average molecular weight is 477 g/mol. The Labute approximate surface area is 177 Å². The summed E-state index contributed by atoms with van der Waals surface area (Å²) in [6, 6.07) is 17.1. The van der Waals surface area contributed by atoms with E-state index >= 15 is 0 Å². The van der Waals surface area contributed by atoms with Crippen molar-refractivity contribution in [2.45, 2.75) is 18.4 Å². The van der Waals surface area contributed by atoms with Crippen LogP contribution in [-0.2, 0) is 16.6 Å². The lowest BCUT2D eigenvalue weighted by atomic mass is 10.2. The molecule has 0 aromatic heterocycles. The first-order chi connectivity index (χ1) is 13.8. The fourth-order valence-corrected chi connectivity index (χ4v) is 4.24. The van der Waals surface area contributed by atoms with Crippen LogP contribution in [0.25, 0.3) is 0 Å². The van der Waals surface area contributed by atoms with Gasteiger partial charge in [0.05, 0.1) is 10.6 Å². The molecule has 29 heavy (non-hydrogen) atoms. The highest BCUT2D eigenvalue weighted by Crippen LogP contribution is 2.26. The first-order valence-corrected chi connectivity index (χ1v) is 10.9. The van der Waals surface area contributed by atoms with E-state index in [4.69, 9.17) is 0 Å². The van der Waals surface area contributed by atoms with Crippen LogP contribution in [0, 0.1) is 12.7 Å². The molecule has 0 aliphatic carbocycles. The number of nitrogens with one attached hydrogen (secondary N) is 2. The number of hydrogen-bond acceptors (Lipinski definition) is 3. The lowest BCUT2D eigenvalue weighted by Crippen LogP contribution is -2.24. The minimum Gasteiger partial charge on any atom is -0.348 e. The molecule has 0 saturated heterocycles. The summed E-state index contributed by atoms with van der Waals surface area (Å²) in [5.74, 6) is -0.918.